The largest absolute Gasteiger partial charge is 0.459 e. The van der Waals surface area contributed by atoms with Gasteiger partial charge in [-0.1, -0.05) is 29.8 Å². The molecular formula is C29H27ClN4O2S. The van der Waals surface area contributed by atoms with Crippen molar-refractivity contribution in [3.63, 3.8) is 0 Å². The summed E-state index contributed by atoms with van der Waals surface area (Å²) in [6, 6.07) is 22.8. The predicted octanol–water partition coefficient (Wildman–Crippen LogP) is 6.61. The van der Waals surface area contributed by atoms with E-state index in [1.54, 1.807) is 6.20 Å². The molecule has 5 rings (SSSR count). The fourth-order valence-corrected chi connectivity index (χ4v) is 5.00. The smallest absolute Gasteiger partial charge is 0.226 e. The van der Waals surface area contributed by atoms with Gasteiger partial charge in [-0.3, -0.25) is 9.78 Å². The third-order valence-corrected chi connectivity index (χ3v) is 7.10. The number of hydrogen-bond acceptors (Lipinski definition) is 4. The van der Waals surface area contributed by atoms with E-state index in [9.17, 15) is 4.79 Å². The molecular weight excluding hydrogens is 504 g/mol. The van der Waals surface area contributed by atoms with E-state index in [1.807, 2.05) is 91.5 Å². The van der Waals surface area contributed by atoms with Crippen LogP contribution in [0.4, 0.5) is 5.69 Å². The summed E-state index contributed by atoms with van der Waals surface area (Å²) in [5, 5.41) is 7.67. The quantitative estimate of drug-likeness (QED) is 0.262. The Labute approximate surface area is 226 Å². The predicted molar refractivity (Wildman–Crippen MR) is 150 cm³/mol. The van der Waals surface area contributed by atoms with E-state index in [0.29, 0.717) is 16.7 Å². The Morgan fingerprint density at radius 3 is 2.68 bits per heavy atom. The van der Waals surface area contributed by atoms with E-state index in [1.165, 1.54) is 0 Å². The Bertz CT molecular complexity index is 1420. The van der Waals surface area contributed by atoms with Crippen LogP contribution in [0, 0.1) is 13.8 Å². The zero-order chi connectivity index (χ0) is 25.9. The molecule has 1 aliphatic rings. The maximum atomic E-state index is 12.9. The van der Waals surface area contributed by atoms with Gasteiger partial charge in [0.15, 0.2) is 5.11 Å². The van der Waals surface area contributed by atoms with E-state index in [2.05, 4.69) is 15.6 Å². The van der Waals surface area contributed by atoms with Crippen molar-refractivity contribution < 1.29 is 9.21 Å². The molecule has 2 N–H and O–H groups in total. The first-order valence-electron chi connectivity index (χ1n) is 12.1. The SMILES string of the molecule is Cc1ccc(C)c(NC(=O)CCN2C(=S)N[C@@H](c3ccccn3)[C@H]2c2ccc(-c3ccc(Cl)cc3)o2)c1. The zero-order valence-electron chi connectivity index (χ0n) is 20.6. The van der Waals surface area contributed by atoms with Crippen LogP contribution in [0.15, 0.2) is 83.4 Å². The number of thiocarbonyl (C=S) groups is 1. The molecule has 6 nitrogen and oxygen atoms in total. The van der Waals surface area contributed by atoms with Crippen molar-refractivity contribution in [2.45, 2.75) is 32.4 Å². The summed E-state index contributed by atoms with van der Waals surface area (Å²) in [6.45, 7) is 4.41. The molecule has 188 valence electrons. The van der Waals surface area contributed by atoms with Crippen molar-refractivity contribution in [1.29, 1.82) is 0 Å². The molecule has 0 saturated carbocycles. The number of amides is 1. The Kier molecular flexibility index (Phi) is 7.26. The highest BCUT2D eigenvalue weighted by Gasteiger charge is 2.41. The van der Waals surface area contributed by atoms with Crippen LogP contribution in [0.3, 0.4) is 0 Å². The minimum atomic E-state index is -0.267. The molecule has 1 amide bonds. The lowest BCUT2D eigenvalue weighted by Gasteiger charge is -2.26. The third kappa shape index (κ3) is 5.53. The molecule has 2 atom stereocenters. The molecule has 0 radical (unpaired) electrons. The molecule has 8 heteroatoms. The standard InChI is InChI=1S/C29H27ClN4O2S/c1-18-6-7-19(2)23(17-18)32-26(35)14-16-34-28(27(33-29(34)37)22-5-3-4-15-31-22)25-13-12-24(36-25)20-8-10-21(30)11-9-20/h3-13,15,17,27-28H,14,16H2,1-2H3,(H,32,35)(H,33,37)/t27-,28+/m0/s1. The van der Waals surface area contributed by atoms with Crippen LogP contribution in [0.1, 0.15) is 41.1 Å². The van der Waals surface area contributed by atoms with E-state index < -0.39 is 0 Å². The van der Waals surface area contributed by atoms with Gasteiger partial charge in [-0.05, 0) is 91.8 Å². The third-order valence-electron chi connectivity index (χ3n) is 6.49. The van der Waals surface area contributed by atoms with Crippen molar-refractivity contribution >= 4 is 40.5 Å². The molecule has 0 bridgehead atoms. The number of halogens is 1. The van der Waals surface area contributed by atoms with Crippen LogP contribution in [-0.4, -0.2) is 27.4 Å². The minimum absolute atomic E-state index is 0.0714. The highest BCUT2D eigenvalue weighted by Crippen LogP contribution is 2.40. The van der Waals surface area contributed by atoms with Crippen molar-refractivity contribution in [2.24, 2.45) is 0 Å². The number of benzene rings is 2. The highest BCUT2D eigenvalue weighted by atomic mass is 35.5. The van der Waals surface area contributed by atoms with Crippen molar-refractivity contribution in [2.75, 3.05) is 11.9 Å². The van der Waals surface area contributed by atoms with Gasteiger partial charge in [-0.25, -0.2) is 0 Å². The number of carbonyl (C=O) groups excluding carboxylic acids is 1. The second-order valence-corrected chi connectivity index (χ2v) is 9.97. The van der Waals surface area contributed by atoms with Gasteiger partial charge in [-0.2, -0.15) is 0 Å². The Morgan fingerprint density at radius 2 is 1.92 bits per heavy atom. The van der Waals surface area contributed by atoms with Gasteiger partial charge >= 0.3 is 0 Å². The van der Waals surface area contributed by atoms with Crippen molar-refractivity contribution in [3.05, 3.63) is 107 Å². The van der Waals surface area contributed by atoms with Crippen LogP contribution < -0.4 is 10.6 Å². The normalized spacial score (nSPS) is 17.1. The number of nitrogens with one attached hydrogen (secondary N) is 2. The van der Waals surface area contributed by atoms with Crippen LogP contribution in [0.25, 0.3) is 11.3 Å². The molecule has 1 aliphatic heterocycles. The van der Waals surface area contributed by atoms with Gasteiger partial charge in [0.05, 0.1) is 11.7 Å². The average molecular weight is 531 g/mol. The minimum Gasteiger partial charge on any atom is -0.459 e. The van der Waals surface area contributed by atoms with E-state index in [0.717, 1.165) is 39.6 Å². The van der Waals surface area contributed by atoms with Gasteiger partial charge in [0, 0.05) is 35.4 Å². The molecule has 4 aromatic rings. The zero-order valence-corrected chi connectivity index (χ0v) is 22.1. The number of hydrogen-bond donors (Lipinski definition) is 2. The lowest BCUT2D eigenvalue weighted by atomic mass is 10.0. The van der Waals surface area contributed by atoms with Crippen molar-refractivity contribution in [1.82, 2.24) is 15.2 Å². The maximum Gasteiger partial charge on any atom is 0.226 e. The number of aryl methyl sites for hydroxylation is 2. The average Bonchev–Trinajstić information content (AvgIpc) is 3.50. The summed E-state index contributed by atoms with van der Waals surface area (Å²) in [4.78, 5) is 19.5. The molecule has 0 unspecified atom stereocenters. The first kappa shape index (κ1) is 25.0. The van der Waals surface area contributed by atoms with E-state index in [-0.39, 0.29) is 24.4 Å². The number of nitrogens with zero attached hydrogens (tertiary/aromatic N) is 2. The Morgan fingerprint density at radius 1 is 1.11 bits per heavy atom. The fourth-order valence-electron chi connectivity index (χ4n) is 4.54. The lowest BCUT2D eigenvalue weighted by Crippen LogP contribution is -2.32. The van der Waals surface area contributed by atoms with Crippen molar-refractivity contribution in [3.8, 4) is 11.3 Å². The van der Waals surface area contributed by atoms with Crippen LogP contribution in [0.2, 0.25) is 5.02 Å². The van der Waals surface area contributed by atoms with E-state index >= 15 is 0 Å². The number of furan rings is 1. The monoisotopic (exact) mass is 530 g/mol. The number of pyridine rings is 1. The highest BCUT2D eigenvalue weighted by molar-refractivity contribution is 7.80. The van der Waals surface area contributed by atoms with E-state index in [4.69, 9.17) is 28.2 Å². The fraction of sp³-hybridized carbons (Fsp3) is 0.207. The first-order valence-corrected chi connectivity index (χ1v) is 12.9. The Balaban J connectivity index is 1.39. The van der Waals surface area contributed by atoms with Gasteiger partial charge in [0.1, 0.15) is 17.6 Å². The molecule has 1 fully saturated rings. The summed E-state index contributed by atoms with van der Waals surface area (Å²) < 4.78 is 6.34. The number of anilines is 1. The lowest BCUT2D eigenvalue weighted by molar-refractivity contribution is -0.116. The molecule has 37 heavy (non-hydrogen) atoms. The van der Waals surface area contributed by atoms with Crippen LogP contribution in [0.5, 0.6) is 0 Å². The van der Waals surface area contributed by atoms with Crippen LogP contribution in [-0.2, 0) is 4.79 Å². The Hall–Kier alpha value is -3.68. The summed E-state index contributed by atoms with van der Waals surface area (Å²) in [5.74, 6) is 1.40. The summed E-state index contributed by atoms with van der Waals surface area (Å²) in [7, 11) is 0. The molecule has 0 spiro atoms. The second kappa shape index (κ2) is 10.7. The summed E-state index contributed by atoms with van der Waals surface area (Å²) in [6.07, 6.45) is 2.03. The van der Waals surface area contributed by atoms with Gasteiger partial charge in [0.2, 0.25) is 5.91 Å². The molecule has 1 saturated heterocycles. The second-order valence-electron chi connectivity index (χ2n) is 9.15. The van der Waals surface area contributed by atoms with Crippen LogP contribution >= 0.6 is 23.8 Å². The summed E-state index contributed by atoms with van der Waals surface area (Å²) >= 11 is 11.8. The maximum absolute atomic E-state index is 12.9. The molecule has 2 aromatic carbocycles. The van der Waals surface area contributed by atoms with Gasteiger partial charge < -0.3 is 20.0 Å². The molecule has 2 aromatic heterocycles. The number of aromatic nitrogens is 1. The summed E-state index contributed by atoms with van der Waals surface area (Å²) in [5.41, 5.74) is 4.72. The topological polar surface area (TPSA) is 70.4 Å². The van der Waals surface area contributed by atoms with Gasteiger partial charge in [-0.15, -0.1) is 0 Å². The molecule has 3 heterocycles. The number of carbonyl (C=O) groups is 1. The number of rotatable bonds is 7. The first-order chi connectivity index (χ1) is 17.9. The van der Waals surface area contributed by atoms with Gasteiger partial charge in [0.25, 0.3) is 0 Å². The molecule has 0 aliphatic carbocycles.